The van der Waals surface area contributed by atoms with Crippen LogP contribution in [0.5, 0.6) is 5.88 Å². The molecule has 0 fully saturated rings. The highest BCUT2D eigenvalue weighted by Gasteiger charge is 2.11. The fourth-order valence-corrected chi connectivity index (χ4v) is 2.20. The molecule has 0 unspecified atom stereocenters. The second-order valence-corrected chi connectivity index (χ2v) is 4.91. The van der Waals surface area contributed by atoms with Crippen LogP contribution in [0.2, 0.25) is 0 Å². The number of fused-ring (bicyclic) bond motifs is 1. The van der Waals surface area contributed by atoms with Gasteiger partial charge in [-0.05, 0) is 23.8 Å². The zero-order chi connectivity index (χ0) is 16.9. The minimum absolute atomic E-state index is 0.130. The normalized spacial score (nSPS) is 10.8. The number of hydrogen-bond acceptors (Lipinski definition) is 5. The predicted octanol–water partition coefficient (Wildman–Crippen LogP) is 2.86. The van der Waals surface area contributed by atoms with Crippen LogP contribution in [0.25, 0.3) is 5.65 Å². The number of nitrogens with zero attached hydrogens (tertiary/aromatic N) is 4. The van der Waals surface area contributed by atoms with E-state index in [-0.39, 0.29) is 5.88 Å². The number of pyridine rings is 2. The summed E-state index contributed by atoms with van der Waals surface area (Å²) >= 11 is 0. The largest absolute Gasteiger partial charge is 0.472 e. The van der Waals surface area contributed by atoms with Crippen molar-refractivity contribution in [2.24, 2.45) is 0 Å². The van der Waals surface area contributed by atoms with Crippen molar-refractivity contribution in [2.75, 3.05) is 11.9 Å². The first-order chi connectivity index (χ1) is 11.7. The maximum absolute atomic E-state index is 12.2. The summed E-state index contributed by atoms with van der Waals surface area (Å²) < 4.78 is 30.9. The lowest BCUT2D eigenvalue weighted by molar-refractivity contribution is 0.0795. The Kier molecular flexibility index (Phi) is 4.52. The second-order valence-electron chi connectivity index (χ2n) is 4.91. The van der Waals surface area contributed by atoms with Gasteiger partial charge in [-0.15, -0.1) is 0 Å². The van der Waals surface area contributed by atoms with E-state index < -0.39 is 13.0 Å². The summed E-state index contributed by atoms with van der Waals surface area (Å²) in [6.07, 6.45) is 0.686. The Morgan fingerprint density at radius 3 is 3.00 bits per heavy atom. The summed E-state index contributed by atoms with van der Waals surface area (Å²) in [5.74, 6) is 0.584. The van der Waals surface area contributed by atoms with Crippen LogP contribution in [0.15, 0.2) is 42.7 Å². The van der Waals surface area contributed by atoms with Gasteiger partial charge in [0.2, 0.25) is 5.88 Å². The van der Waals surface area contributed by atoms with E-state index in [1.54, 1.807) is 28.8 Å². The minimum atomic E-state index is -2.55. The number of rotatable bonds is 6. The first-order valence-electron chi connectivity index (χ1n) is 7.14. The molecule has 6 nitrogen and oxygen atoms in total. The molecule has 122 valence electrons. The number of aromatic nitrogens is 3. The van der Waals surface area contributed by atoms with Crippen LogP contribution in [0.3, 0.4) is 0 Å². The first kappa shape index (κ1) is 15.7. The lowest BCUT2D eigenvalue weighted by atomic mass is 10.2. The number of imidazole rings is 1. The van der Waals surface area contributed by atoms with Gasteiger partial charge in [0.25, 0.3) is 6.43 Å². The van der Waals surface area contributed by atoms with Gasteiger partial charge < -0.3 is 10.1 Å². The number of halogens is 2. The smallest absolute Gasteiger partial charge is 0.272 e. The first-order valence-corrected chi connectivity index (χ1v) is 7.14. The molecule has 0 saturated heterocycles. The van der Waals surface area contributed by atoms with Crippen molar-refractivity contribution in [1.29, 1.82) is 5.26 Å². The topological polar surface area (TPSA) is 75.2 Å². The maximum atomic E-state index is 12.2. The monoisotopic (exact) mass is 329 g/mol. The molecule has 3 aromatic heterocycles. The molecule has 0 radical (unpaired) electrons. The summed E-state index contributed by atoms with van der Waals surface area (Å²) in [7, 11) is 0. The zero-order valence-electron chi connectivity index (χ0n) is 12.5. The molecular weight excluding hydrogens is 316 g/mol. The van der Waals surface area contributed by atoms with E-state index >= 15 is 0 Å². The molecule has 8 heteroatoms. The fourth-order valence-electron chi connectivity index (χ4n) is 2.20. The molecular formula is C16H13F2N5O. The molecule has 0 saturated carbocycles. The highest BCUT2D eigenvalue weighted by Crippen LogP contribution is 2.18. The Hall–Kier alpha value is -3.21. The van der Waals surface area contributed by atoms with Crippen LogP contribution < -0.4 is 10.1 Å². The average Bonchev–Trinajstić information content (AvgIpc) is 2.96. The fraction of sp³-hybridized carbons (Fsp3) is 0.188. The van der Waals surface area contributed by atoms with Crippen molar-refractivity contribution >= 4 is 11.5 Å². The molecule has 1 N–H and O–H groups in total. The molecule has 0 aliphatic heterocycles. The standard InChI is InChI=1S/C16H13F2N5O/c17-13(18)10-24-15-7-11(4-5-20-15)9-21-16-12(8-19)23-6-2-1-3-14(23)22-16/h1-7,13,21H,9-10H2. The third-order valence-corrected chi connectivity index (χ3v) is 3.25. The SMILES string of the molecule is N#Cc1c(NCc2ccnc(OCC(F)F)c2)nc2ccccn12. The van der Waals surface area contributed by atoms with Crippen molar-refractivity contribution in [3.8, 4) is 11.9 Å². The Balaban J connectivity index is 1.74. The van der Waals surface area contributed by atoms with Gasteiger partial charge in [0.05, 0.1) is 0 Å². The highest BCUT2D eigenvalue weighted by molar-refractivity contribution is 5.59. The average molecular weight is 329 g/mol. The van der Waals surface area contributed by atoms with Gasteiger partial charge in [0.1, 0.15) is 11.7 Å². The summed E-state index contributed by atoms with van der Waals surface area (Å²) in [6, 6.07) is 10.9. The molecule has 3 aromatic rings. The van der Waals surface area contributed by atoms with E-state index in [0.29, 0.717) is 23.7 Å². The number of anilines is 1. The zero-order valence-corrected chi connectivity index (χ0v) is 12.5. The lowest BCUT2D eigenvalue weighted by Crippen LogP contribution is -2.08. The molecule has 0 aliphatic carbocycles. The Labute approximate surface area is 136 Å². The summed E-state index contributed by atoms with van der Waals surface area (Å²) in [5.41, 5.74) is 1.83. The van der Waals surface area contributed by atoms with Crippen LogP contribution in [0.1, 0.15) is 11.3 Å². The van der Waals surface area contributed by atoms with Gasteiger partial charge in [0.15, 0.2) is 18.1 Å². The van der Waals surface area contributed by atoms with Gasteiger partial charge in [-0.2, -0.15) is 5.26 Å². The van der Waals surface area contributed by atoms with E-state index in [1.165, 1.54) is 6.20 Å². The number of nitrogens with one attached hydrogen (secondary N) is 1. The third-order valence-electron chi connectivity index (χ3n) is 3.25. The van der Waals surface area contributed by atoms with Crippen molar-refractivity contribution in [2.45, 2.75) is 13.0 Å². The van der Waals surface area contributed by atoms with Gasteiger partial charge in [-0.25, -0.2) is 18.7 Å². The van der Waals surface area contributed by atoms with Crippen LogP contribution >= 0.6 is 0 Å². The van der Waals surface area contributed by atoms with Gasteiger partial charge >= 0.3 is 0 Å². The van der Waals surface area contributed by atoms with Crippen LogP contribution in [0.4, 0.5) is 14.6 Å². The molecule has 24 heavy (non-hydrogen) atoms. The molecule has 0 atom stereocenters. The highest BCUT2D eigenvalue weighted by atomic mass is 19.3. The molecule has 0 aromatic carbocycles. The van der Waals surface area contributed by atoms with Crippen molar-refractivity contribution in [3.63, 3.8) is 0 Å². The van der Waals surface area contributed by atoms with Gasteiger partial charge in [-0.1, -0.05) is 6.07 Å². The number of hydrogen-bond donors (Lipinski definition) is 1. The van der Waals surface area contributed by atoms with Gasteiger partial charge in [-0.3, -0.25) is 4.40 Å². The number of alkyl halides is 2. The summed E-state index contributed by atoms with van der Waals surface area (Å²) in [4.78, 5) is 8.24. The number of ether oxygens (including phenoxy) is 1. The van der Waals surface area contributed by atoms with Crippen molar-refractivity contribution in [3.05, 3.63) is 54.0 Å². The van der Waals surface area contributed by atoms with Crippen molar-refractivity contribution in [1.82, 2.24) is 14.4 Å². The Bertz CT molecular complexity index is 888. The molecule has 0 amide bonds. The van der Waals surface area contributed by atoms with Gasteiger partial charge in [0, 0.05) is 25.0 Å². The molecule has 0 aliphatic rings. The number of nitriles is 1. The Morgan fingerprint density at radius 1 is 1.33 bits per heavy atom. The van der Waals surface area contributed by atoms with Crippen LogP contribution in [0, 0.1) is 11.3 Å². The third kappa shape index (κ3) is 3.41. The predicted molar refractivity (Wildman–Crippen MR) is 83.0 cm³/mol. The maximum Gasteiger partial charge on any atom is 0.272 e. The van der Waals surface area contributed by atoms with E-state index in [9.17, 15) is 14.0 Å². The van der Waals surface area contributed by atoms with Crippen LogP contribution in [-0.2, 0) is 6.54 Å². The quantitative estimate of drug-likeness (QED) is 0.752. The minimum Gasteiger partial charge on any atom is -0.472 e. The van der Waals surface area contributed by atoms with E-state index in [1.807, 2.05) is 12.1 Å². The second kappa shape index (κ2) is 6.91. The van der Waals surface area contributed by atoms with Crippen molar-refractivity contribution < 1.29 is 13.5 Å². The molecule has 0 spiro atoms. The van der Waals surface area contributed by atoms with E-state index in [4.69, 9.17) is 4.74 Å². The van der Waals surface area contributed by atoms with E-state index in [0.717, 1.165) is 5.56 Å². The Morgan fingerprint density at radius 2 is 2.21 bits per heavy atom. The molecule has 3 rings (SSSR count). The molecule has 0 bridgehead atoms. The summed E-state index contributed by atoms with van der Waals surface area (Å²) in [6.45, 7) is -0.346. The lowest BCUT2D eigenvalue weighted by Gasteiger charge is -2.07. The van der Waals surface area contributed by atoms with E-state index in [2.05, 4.69) is 21.4 Å². The molecule has 3 heterocycles. The van der Waals surface area contributed by atoms with Crippen LogP contribution in [-0.4, -0.2) is 27.4 Å². The summed E-state index contributed by atoms with van der Waals surface area (Å²) in [5, 5.41) is 12.4.